The molecule has 2 fully saturated rings. The van der Waals surface area contributed by atoms with Crippen LogP contribution in [0.1, 0.15) is 46.5 Å². The highest BCUT2D eigenvalue weighted by molar-refractivity contribution is 5.83. The molecule has 0 radical (unpaired) electrons. The van der Waals surface area contributed by atoms with Crippen molar-refractivity contribution >= 4 is 12.0 Å². The average Bonchev–Trinajstić information content (AvgIpc) is 3.18. The van der Waals surface area contributed by atoms with E-state index in [1.807, 2.05) is 11.8 Å². The highest BCUT2D eigenvalue weighted by Gasteiger charge is 2.42. The number of carboxylic acid groups (broad SMARTS) is 1. The second kappa shape index (κ2) is 6.02. The maximum atomic E-state index is 12.8. The molecule has 0 aromatic rings. The van der Waals surface area contributed by atoms with Crippen LogP contribution in [0.3, 0.4) is 0 Å². The van der Waals surface area contributed by atoms with E-state index in [0.717, 1.165) is 32.2 Å². The van der Waals surface area contributed by atoms with E-state index in [4.69, 9.17) is 0 Å². The molecule has 2 unspecified atom stereocenters. The first-order chi connectivity index (χ1) is 9.41. The van der Waals surface area contributed by atoms with Crippen LogP contribution in [0.15, 0.2) is 0 Å². The third kappa shape index (κ3) is 3.25. The zero-order chi connectivity index (χ0) is 14.9. The summed E-state index contributed by atoms with van der Waals surface area (Å²) in [7, 11) is 0. The number of hydrogen-bond acceptors (Lipinski definition) is 2. The van der Waals surface area contributed by atoms with E-state index in [1.165, 1.54) is 0 Å². The van der Waals surface area contributed by atoms with Crippen molar-refractivity contribution in [2.24, 2.45) is 11.8 Å². The Morgan fingerprint density at radius 1 is 1.30 bits per heavy atom. The van der Waals surface area contributed by atoms with Gasteiger partial charge in [-0.25, -0.2) is 9.59 Å². The van der Waals surface area contributed by atoms with Crippen LogP contribution < -0.4 is 0 Å². The minimum Gasteiger partial charge on any atom is -0.480 e. The average molecular weight is 282 g/mol. The number of piperidine rings is 1. The van der Waals surface area contributed by atoms with Crippen molar-refractivity contribution in [1.29, 1.82) is 0 Å². The van der Waals surface area contributed by atoms with E-state index in [0.29, 0.717) is 18.5 Å². The molecule has 5 nitrogen and oxygen atoms in total. The van der Waals surface area contributed by atoms with Crippen molar-refractivity contribution in [1.82, 2.24) is 9.80 Å². The second-order valence-electron chi connectivity index (χ2n) is 6.66. The number of carbonyl (C=O) groups excluding carboxylic acids is 1. The molecule has 2 atom stereocenters. The third-order valence-corrected chi connectivity index (χ3v) is 4.23. The first-order valence-electron chi connectivity index (χ1n) is 7.71. The van der Waals surface area contributed by atoms with Gasteiger partial charge in [0, 0.05) is 19.1 Å². The highest BCUT2D eigenvalue weighted by atomic mass is 16.4. The maximum Gasteiger partial charge on any atom is 0.326 e. The van der Waals surface area contributed by atoms with Crippen LogP contribution in [-0.2, 0) is 4.79 Å². The fourth-order valence-electron chi connectivity index (χ4n) is 3.11. The molecule has 1 heterocycles. The number of hydrogen-bond donors (Lipinski definition) is 1. The second-order valence-corrected chi connectivity index (χ2v) is 6.66. The number of likely N-dealkylation sites (tertiary alicyclic amines) is 1. The zero-order valence-corrected chi connectivity index (χ0v) is 12.7. The molecule has 2 amide bonds. The van der Waals surface area contributed by atoms with Gasteiger partial charge >= 0.3 is 12.0 Å². The van der Waals surface area contributed by atoms with Gasteiger partial charge in [-0.15, -0.1) is 0 Å². The van der Waals surface area contributed by atoms with E-state index in [2.05, 4.69) is 13.8 Å². The monoisotopic (exact) mass is 282 g/mol. The summed E-state index contributed by atoms with van der Waals surface area (Å²) in [6.45, 7) is 7.41. The molecule has 2 rings (SSSR count). The van der Waals surface area contributed by atoms with Crippen molar-refractivity contribution in [2.45, 2.75) is 58.5 Å². The van der Waals surface area contributed by atoms with Gasteiger partial charge in [0.1, 0.15) is 6.04 Å². The van der Waals surface area contributed by atoms with Gasteiger partial charge in [-0.3, -0.25) is 0 Å². The molecule has 0 aromatic carbocycles. The lowest BCUT2D eigenvalue weighted by Crippen LogP contribution is -2.56. The van der Waals surface area contributed by atoms with Crippen molar-refractivity contribution in [3.8, 4) is 0 Å². The number of carboxylic acids is 1. The number of carbonyl (C=O) groups is 2. The summed E-state index contributed by atoms with van der Waals surface area (Å²) in [6.07, 6.45) is 3.89. The van der Waals surface area contributed by atoms with Gasteiger partial charge in [-0.05, 0) is 37.5 Å². The molecule has 1 aliphatic heterocycles. The van der Waals surface area contributed by atoms with E-state index in [1.54, 1.807) is 4.90 Å². The molecule has 0 spiro atoms. The van der Waals surface area contributed by atoms with Crippen molar-refractivity contribution < 1.29 is 14.7 Å². The Morgan fingerprint density at radius 2 is 1.95 bits per heavy atom. The summed E-state index contributed by atoms with van der Waals surface area (Å²) in [6, 6.07) is -0.401. The normalized spacial score (nSPS) is 26.7. The van der Waals surface area contributed by atoms with Crippen LogP contribution in [0.25, 0.3) is 0 Å². The molecule has 0 bridgehead atoms. The molecule has 0 aromatic heterocycles. The summed E-state index contributed by atoms with van der Waals surface area (Å²) in [5, 5.41) is 9.43. The molecule has 5 heteroatoms. The van der Waals surface area contributed by atoms with Crippen molar-refractivity contribution in [3.05, 3.63) is 0 Å². The summed E-state index contributed by atoms with van der Waals surface area (Å²) < 4.78 is 0. The van der Waals surface area contributed by atoms with Crippen molar-refractivity contribution in [2.75, 3.05) is 13.1 Å². The quantitative estimate of drug-likeness (QED) is 0.861. The molecule has 114 valence electrons. The zero-order valence-electron chi connectivity index (χ0n) is 12.7. The van der Waals surface area contributed by atoms with Gasteiger partial charge in [0.25, 0.3) is 0 Å². The lowest BCUT2D eigenvalue weighted by atomic mass is 9.91. The summed E-state index contributed by atoms with van der Waals surface area (Å²) >= 11 is 0. The molecule has 1 saturated heterocycles. The first kappa shape index (κ1) is 15.1. The molecule has 1 N–H and O–H groups in total. The summed E-state index contributed by atoms with van der Waals surface area (Å²) in [5.74, 6) is -0.429. The Labute approximate surface area is 120 Å². The Kier molecular flexibility index (Phi) is 4.55. The SMILES string of the molecule is CC(C)CN(C(=O)N1CCCC(C)C1C(=O)O)C1CC1. The standard InChI is InChI=1S/C15H26N2O3/c1-10(2)9-17(12-6-7-12)15(20)16-8-4-5-11(3)13(16)14(18)19/h10-13H,4-9H2,1-3H3,(H,18,19). The Morgan fingerprint density at radius 3 is 2.45 bits per heavy atom. The van der Waals surface area contributed by atoms with Crippen LogP contribution in [-0.4, -0.2) is 52.1 Å². The van der Waals surface area contributed by atoms with E-state index in [9.17, 15) is 14.7 Å². The number of amides is 2. The smallest absolute Gasteiger partial charge is 0.326 e. The van der Waals surface area contributed by atoms with E-state index >= 15 is 0 Å². The first-order valence-corrected chi connectivity index (χ1v) is 7.71. The minimum absolute atomic E-state index is 0.0327. The topological polar surface area (TPSA) is 60.9 Å². The van der Waals surface area contributed by atoms with E-state index in [-0.39, 0.29) is 11.9 Å². The molecule has 2 aliphatic rings. The third-order valence-electron chi connectivity index (χ3n) is 4.23. The lowest BCUT2D eigenvalue weighted by molar-refractivity contribution is -0.145. The van der Waals surface area contributed by atoms with Gasteiger partial charge in [-0.1, -0.05) is 20.8 Å². The molecular formula is C15H26N2O3. The summed E-state index contributed by atoms with van der Waals surface area (Å²) in [4.78, 5) is 27.8. The maximum absolute atomic E-state index is 12.8. The molecule has 1 saturated carbocycles. The predicted molar refractivity (Wildman–Crippen MR) is 76.5 cm³/mol. The van der Waals surface area contributed by atoms with Crippen LogP contribution in [0.5, 0.6) is 0 Å². The number of urea groups is 1. The highest BCUT2D eigenvalue weighted by Crippen LogP contribution is 2.31. The number of nitrogens with zero attached hydrogens (tertiary/aromatic N) is 2. The summed E-state index contributed by atoms with van der Waals surface area (Å²) in [5.41, 5.74) is 0. The van der Waals surface area contributed by atoms with E-state index < -0.39 is 12.0 Å². The Bertz CT molecular complexity index is 379. The van der Waals surface area contributed by atoms with Crippen LogP contribution in [0, 0.1) is 11.8 Å². The van der Waals surface area contributed by atoms with Gasteiger partial charge in [0.15, 0.2) is 0 Å². The van der Waals surface area contributed by atoms with Crippen LogP contribution in [0.2, 0.25) is 0 Å². The molecule has 20 heavy (non-hydrogen) atoms. The fourth-order valence-corrected chi connectivity index (χ4v) is 3.11. The van der Waals surface area contributed by atoms with Gasteiger partial charge < -0.3 is 14.9 Å². The largest absolute Gasteiger partial charge is 0.480 e. The van der Waals surface area contributed by atoms with Crippen molar-refractivity contribution in [3.63, 3.8) is 0 Å². The number of aliphatic carboxylic acids is 1. The van der Waals surface area contributed by atoms with Gasteiger partial charge in [0.2, 0.25) is 0 Å². The minimum atomic E-state index is -0.870. The molecule has 1 aliphatic carbocycles. The Hall–Kier alpha value is -1.26. The van der Waals surface area contributed by atoms with Crippen LogP contribution in [0.4, 0.5) is 4.79 Å². The molecular weight excluding hydrogens is 256 g/mol. The van der Waals surface area contributed by atoms with Gasteiger partial charge in [-0.2, -0.15) is 0 Å². The Balaban J connectivity index is 2.13. The van der Waals surface area contributed by atoms with Crippen LogP contribution >= 0.6 is 0 Å². The predicted octanol–water partition coefficient (Wildman–Crippen LogP) is 2.41. The number of rotatable bonds is 4. The van der Waals surface area contributed by atoms with Gasteiger partial charge in [0.05, 0.1) is 0 Å². The lowest BCUT2D eigenvalue weighted by Gasteiger charge is -2.40. The fraction of sp³-hybridized carbons (Fsp3) is 0.867.